The molecule has 5 nitrogen and oxygen atoms in total. The molecule has 148 valence electrons. The molecule has 1 fully saturated rings. The van der Waals surface area contributed by atoms with Crippen molar-refractivity contribution in [2.24, 2.45) is 0 Å². The summed E-state index contributed by atoms with van der Waals surface area (Å²) in [6, 6.07) is 7.14. The summed E-state index contributed by atoms with van der Waals surface area (Å²) in [7, 11) is 0. The Bertz CT molecular complexity index is 587. The highest BCUT2D eigenvalue weighted by Gasteiger charge is 2.18. The summed E-state index contributed by atoms with van der Waals surface area (Å²) in [4.78, 5) is 23.1. The lowest BCUT2D eigenvalue weighted by atomic mass is 9.98. The summed E-state index contributed by atoms with van der Waals surface area (Å²) in [5.41, 5.74) is 0.571. The van der Waals surface area contributed by atoms with Crippen molar-refractivity contribution in [2.45, 2.75) is 63.9 Å². The van der Waals surface area contributed by atoms with E-state index in [4.69, 9.17) is 14.2 Å². The van der Waals surface area contributed by atoms with E-state index in [1.54, 1.807) is 12.1 Å². The van der Waals surface area contributed by atoms with Crippen LogP contribution < -0.4 is 4.74 Å². The molecule has 0 unspecified atom stereocenters. The molecule has 0 N–H and O–H groups in total. The van der Waals surface area contributed by atoms with E-state index in [1.807, 2.05) is 12.1 Å². The first-order chi connectivity index (χ1) is 13.2. The minimum absolute atomic E-state index is 0.0717. The van der Waals surface area contributed by atoms with Gasteiger partial charge in [-0.1, -0.05) is 13.0 Å². The van der Waals surface area contributed by atoms with Crippen molar-refractivity contribution in [3.05, 3.63) is 42.5 Å². The molecule has 27 heavy (non-hydrogen) atoms. The van der Waals surface area contributed by atoms with Crippen LogP contribution in [0.1, 0.15) is 68.1 Å². The molecular formula is C22H30O5. The Kier molecular flexibility index (Phi) is 9.45. The molecule has 0 aromatic heterocycles. The molecule has 1 aliphatic carbocycles. The smallest absolute Gasteiger partial charge is 0.338 e. The molecule has 0 heterocycles. The number of ether oxygens (including phenoxy) is 3. The molecule has 1 aromatic rings. The average Bonchev–Trinajstić information content (AvgIpc) is 2.71. The highest BCUT2D eigenvalue weighted by Crippen LogP contribution is 2.22. The second-order valence-corrected chi connectivity index (χ2v) is 6.82. The lowest BCUT2D eigenvalue weighted by Crippen LogP contribution is -2.20. The molecule has 5 heteroatoms. The summed E-state index contributed by atoms with van der Waals surface area (Å²) < 4.78 is 16.2. The zero-order valence-corrected chi connectivity index (χ0v) is 16.0. The van der Waals surface area contributed by atoms with Crippen LogP contribution in [0.5, 0.6) is 5.75 Å². The molecule has 0 amide bonds. The Hall–Kier alpha value is -2.30. The number of hydrogen-bond acceptors (Lipinski definition) is 5. The fourth-order valence-corrected chi connectivity index (χ4v) is 3.07. The standard InChI is InChI=1S/C22H30O5/c1-2-21(23)26-17-9-4-3-8-16-25-19-14-12-18(13-15-19)22(24)27-20-10-6-5-7-11-20/h2,12-15,20H,1,3-11,16-17H2. The monoisotopic (exact) mass is 374 g/mol. The quantitative estimate of drug-likeness (QED) is 0.315. The molecule has 0 atom stereocenters. The van der Waals surface area contributed by atoms with Crippen LogP contribution in [0.15, 0.2) is 36.9 Å². The van der Waals surface area contributed by atoms with E-state index < -0.39 is 0 Å². The van der Waals surface area contributed by atoms with Gasteiger partial charge in [0.25, 0.3) is 0 Å². The van der Waals surface area contributed by atoms with E-state index in [2.05, 4.69) is 6.58 Å². The molecule has 1 aliphatic rings. The fraction of sp³-hybridized carbons (Fsp3) is 0.545. The topological polar surface area (TPSA) is 61.8 Å². The van der Waals surface area contributed by atoms with Crippen LogP contribution in [0.4, 0.5) is 0 Å². The average molecular weight is 374 g/mol. The Labute approximate surface area is 161 Å². The van der Waals surface area contributed by atoms with E-state index in [1.165, 1.54) is 12.5 Å². The van der Waals surface area contributed by atoms with Gasteiger partial charge in [-0.05, 0) is 75.6 Å². The summed E-state index contributed by atoms with van der Waals surface area (Å²) in [5, 5.41) is 0. The van der Waals surface area contributed by atoms with Gasteiger partial charge in [0.05, 0.1) is 18.8 Å². The number of esters is 2. The Balaban J connectivity index is 1.57. The zero-order chi connectivity index (χ0) is 19.3. The first kappa shape index (κ1) is 21.0. The predicted octanol–water partition coefficient (Wildman–Crippen LogP) is 4.84. The summed E-state index contributed by atoms with van der Waals surface area (Å²) in [6.45, 7) is 4.41. The van der Waals surface area contributed by atoms with Crippen molar-refractivity contribution in [1.29, 1.82) is 0 Å². The number of benzene rings is 1. The normalized spacial score (nSPS) is 14.4. The molecule has 2 rings (SSSR count). The van der Waals surface area contributed by atoms with Crippen molar-refractivity contribution >= 4 is 11.9 Å². The Morgan fingerprint density at radius 2 is 1.63 bits per heavy atom. The summed E-state index contributed by atoms with van der Waals surface area (Å²) in [5.74, 6) is 0.138. The van der Waals surface area contributed by atoms with Crippen LogP contribution in [0.3, 0.4) is 0 Å². The van der Waals surface area contributed by atoms with Crippen LogP contribution >= 0.6 is 0 Å². The molecule has 1 saturated carbocycles. The summed E-state index contributed by atoms with van der Waals surface area (Å²) >= 11 is 0. The van der Waals surface area contributed by atoms with E-state index >= 15 is 0 Å². The van der Waals surface area contributed by atoms with Crippen LogP contribution in [0.25, 0.3) is 0 Å². The summed E-state index contributed by atoms with van der Waals surface area (Å²) in [6.07, 6.45) is 10.5. The number of carbonyl (C=O) groups is 2. The Morgan fingerprint density at radius 3 is 2.30 bits per heavy atom. The third-order valence-electron chi connectivity index (χ3n) is 4.63. The van der Waals surface area contributed by atoms with Gasteiger partial charge in [0.2, 0.25) is 0 Å². The van der Waals surface area contributed by atoms with Gasteiger partial charge in [-0.15, -0.1) is 0 Å². The van der Waals surface area contributed by atoms with Crippen molar-refractivity contribution in [3.8, 4) is 5.75 Å². The van der Waals surface area contributed by atoms with Crippen LogP contribution in [-0.4, -0.2) is 31.3 Å². The number of carbonyl (C=O) groups excluding carboxylic acids is 2. The second kappa shape index (κ2) is 12.2. The van der Waals surface area contributed by atoms with E-state index in [9.17, 15) is 9.59 Å². The maximum absolute atomic E-state index is 12.2. The third kappa shape index (κ3) is 8.29. The van der Waals surface area contributed by atoms with Crippen molar-refractivity contribution in [1.82, 2.24) is 0 Å². The van der Waals surface area contributed by atoms with Gasteiger partial charge in [-0.25, -0.2) is 9.59 Å². The molecule has 0 bridgehead atoms. The van der Waals surface area contributed by atoms with Gasteiger partial charge in [0, 0.05) is 6.08 Å². The van der Waals surface area contributed by atoms with Gasteiger partial charge in [0.15, 0.2) is 0 Å². The highest BCUT2D eigenvalue weighted by molar-refractivity contribution is 5.89. The van der Waals surface area contributed by atoms with Gasteiger partial charge in [-0.2, -0.15) is 0 Å². The molecule has 0 radical (unpaired) electrons. The van der Waals surface area contributed by atoms with Crippen molar-refractivity contribution in [2.75, 3.05) is 13.2 Å². The number of rotatable bonds is 11. The van der Waals surface area contributed by atoms with Crippen LogP contribution in [0, 0.1) is 0 Å². The van der Waals surface area contributed by atoms with Gasteiger partial charge in [-0.3, -0.25) is 0 Å². The third-order valence-corrected chi connectivity index (χ3v) is 4.63. The van der Waals surface area contributed by atoms with Gasteiger partial charge < -0.3 is 14.2 Å². The zero-order valence-electron chi connectivity index (χ0n) is 16.0. The minimum atomic E-state index is -0.371. The van der Waals surface area contributed by atoms with Crippen molar-refractivity contribution in [3.63, 3.8) is 0 Å². The van der Waals surface area contributed by atoms with Crippen LogP contribution in [-0.2, 0) is 14.3 Å². The number of unbranched alkanes of at least 4 members (excludes halogenated alkanes) is 3. The van der Waals surface area contributed by atoms with Gasteiger partial charge >= 0.3 is 11.9 Å². The lowest BCUT2D eigenvalue weighted by Gasteiger charge is -2.21. The molecule has 0 spiro atoms. The van der Waals surface area contributed by atoms with E-state index in [0.29, 0.717) is 18.8 Å². The maximum Gasteiger partial charge on any atom is 0.338 e. The second-order valence-electron chi connectivity index (χ2n) is 6.82. The predicted molar refractivity (Wildman–Crippen MR) is 104 cm³/mol. The highest BCUT2D eigenvalue weighted by atomic mass is 16.5. The van der Waals surface area contributed by atoms with Crippen molar-refractivity contribution < 1.29 is 23.8 Å². The Morgan fingerprint density at radius 1 is 0.963 bits per heavy atom. The fourth-order valence-electron chi connectivity index (χ4n) is 3.07. The SMILES string of the molecule is C=CC(=O)OCCCCCCOc1ccc(C(=O)OC2CCCCC2)cc1. The van der Waals surface area contributed by atoms with Crippen LogP contribution in [0.2, 0.25) is 0 Å². The first-order valence-corrected chi connectivity index (χ1v) is 9.92. The number of hydrogen-bond donors (Lipinski definition) is 0. The van der Waals surface area contributed by atoms with E-state index in [0.717, 1.165) is 57.1 Å². The maximum atomic E-state index is 12.2. The lowest BCUT2D eigenvalue weighted by molar-refractivity contribution is -0.137. The van der Waals surface area contributed by atoms with Gasteiger partial charge in [0.1, 0.15) is 11.9 Å². The largest absolute Gasteiger partial charge is 0.494 e. The molecular weight excluding hydrogens is 344 g/mol. The minimum Gasteiger partial charge on any atom is -0.494 e. The molecule has 0 aliphatic heterocycles. The molecule has 0 saturated heterocycles. The van der Waals surface area contributed by atoms with E-state index in [-0.39, 0.29) is 18.0 Å². The first-order valence-electron chi connectivity index (χ1n) is 9.92. The molecule has 1 aromatic carbocycles.